The molecular formula is C15H26N2OS. The van der Waals surface area contributed by atoms with E-state index in [0.717, 1.165) is 0 Å². The van der Waals surface area contributed by atoms with Crippen LogP contribution in [0.4, 0.5) is 0 Å². The second-order valence-corrected chi connectivity index (χ2v) is 7.49. The molecule has 0 aliphatic heterocycles. The average molecular weight is 282 g/mol. The number of hydrogen-bond donors (Lipinski definition) is 1. The number of thiophene rings is 1. The lowest BCUT2D eigenvalue weighted by atomic mass is 9.74. The number of rotatable bonds is 5. The highest BCUT2D eigenvalue weighted by atomic mass is 32.1. The van der Waals surface area contributed by atoms with Gasteiger partial charge in [-0.15, -0.1) is 11.3 Å². The monoisotopic (exact) mass is 282 g/mol. The van der Waals surface area contributed by atoms with Crippen molar-refractivity contribution in [2.45, 2.75) is 59.7 Å². The third-order valence-electron chi connectivity index (χ3n) is 3.94. The van der Waals surface area contributed by atoms with Gasteiger partial charge in [0.2, 0.25) is 5.91 Å². The Morgan fingerprint density at radius 1 is 1.37 bits per heavy atom. The maximum Gasteiger partial charge on any atom is 0.230 e. The van der Waals surface area contributed by atoms with E-state index in [2.05, 4.69) is 6.07 Å². The molecule has 0 atom stereocenters. The van der Waals surface area contributed by atoms with Gasteiger partial charge in [-0.05, 0) is 53.0 Å². The summed E-state index contributed by atoms with van der Waals surface area (Å²) in [5.74, 6) is 0.114. The van der Waals surface area contributed by atoms with Crippen LogP contribution in [0.1, 0.15) is 46.4 Å². The molecule has 108 valence electrons. The molecular weight excluding hydrogens is 256 g/mol. The number of carbonyl (C=O) groups excluding carboxylic acids is 1. The quantitative estimate of drug-likeness (QED) is 0.901. The smallest absolute Gasteiger partial charge is 0.230 e. The van der Waals surface area contributed by atoms with E-state index in [1.807, 2.05) is 57.9 Å². The molecule has 1 rings (SSSR count). The first-order valence-corrected chi connectivity index (χ1v) is 7.57. The Kier molecular flexibility index (Phi) is 4.80. The number of carbonyl (C=O) groups is 1. The molecule has 0 aliphatic carbocycles. The van der Waals surface area contributed by atoms with Gasteiger partial charge in [0.25, 0.3) is 0 Å². The second-order valence-electron chi connectivity index (χ2n) is 6.45. The molecule has 0 bridgehead atoms. The molecule has 0 fully saturated rings. The number of nitrogens with two attached hydrogens (primary N) is 1. The summed E-state index contributed by atoms with van der Waals surface area (Å²) in [6.45, 7) is 12.4. The lowest BCUT2D eigenvalue weighted by Crippen LogP contribution is -2.57. The van der Waals surface area contributed by atoms with Gasteiger partial charge in [-0.3, -0.25) is 4.79 Å². The maximum atomic E-state index is 12.8. The third-order valence-corrected chi connectivity index (χ3v) is 4.80. The molecule has 1 heterocycles. The summed E-state index contributed by atoms with van der Waals surface area (Å²) < 4.78 is 0. The highest BCUT2D eigenvalue weighted by Crippen LogP contribution is 2.32. The minimum absolute atomic E-state index is 0.114. The van der Waals surface area contributed by atoms with Gasteiger partial charge in [0, 0.05) is 16.5 Å². The molecule has 19 heavy (non-hydrogen) atoms. The van der Waals surface area contributed by atoms with Crippen molar-refractivity contribution < 1.29 is 4.79 Å². The van der Waals surface area contributed by atoms with E-state index < -0.39 is 11.0 Å². The molecule has 1 amide bonds. The van der Waals surface area contributed by atoms with Crippen LogP contribution in [-0.4, -0.2) is 22.4 Å². The van der Waals surface area contributed by atoms with Crippen LogP contribution >= 0.6 is 11.3 Å². The standard InChI is InChI=1S/C15H26N2OS/c1-11(2)17(10-12-8-7-9-19-12)13(18)14(3,4)15(5,6)16/h7-9,11H,10,16H2,1-6H3. The summed E-state index contributed by atoms with van der Waals surface area (Å²) in [6, 6.07) is 4.24. The Morgan fingerprint density at radius 2 is 1.95 bits per heavy atom. The molecule has 0 aliphatic rings. The van der Waals surface area contributed by atoms with Crippen molar-refractivity contribution >= 4 is 17.2 Å². The first kappa shape index (κ1) is 16.2. The zero-order valence-electron chi connectivity index (χ0n) is 12.9. The molecule has 4 heteroatoms. The van der Waals surface area contributed by atoms with E-state index in [9.17, 15) is 4.79 Å². The Bertz CT molecular complexity index is 416. The topological polar surface area (TPSA) is 46.3 Å². The minimum Gasteiger partial charge on any atom is -0.335 e. The largest absolute Gasteiger partial charge is 0.335 e. The van der Waals surface area contributed by atoms with Gasteiger partial charge in [0.15, 0.2) is 0 Å². The summed E-state index contributed by atoms with van der Waals surface area (Å²) in [6.07, 6.45) is 0. The van der Waals surface area contributed by atoms with Crippen LogP contribution in [0, 0.1) is 5.41 Å². The zero-order chi connectivity index (χ0) is 14.8. The summed E-state index contributed by atoms with van der Waals surface area (Å²) in [7, 11) is 0. The Balaban J connectivity index is 2.97. The second kappa shape index (κ2) is 5.63. The highest BCUT2D eigenvalue weighted by molar-refractivity contribution is 7.09. The van der Waals surface area contributed by atoms with Crippen molar-refractivity contribution in [2.24, 2.45) is 11.1 Å². The van der Waals surface area contributed by atoms with Crippen LogP contribution in [0.2, 0.25) is 0 Å². The first-order valence-electron chi connectivity index (χ1n) is 6.69. The van der Waals surface area contributed by atoms with Gasteiger partial charge < -0.3 is 10.6 Å². The van der Waals surface area contributed by atoms with Crippen molar-refractivity contribution in [3.8, 4) is 0 Å². The maximum absolute atomic E-state index is 12.8. The van der Waals surface area contributed by atoms with Gasteiger partial charge in [-0.1, -0.05) is 6.07 Å². The van der Waals surface area contributed by atoms with E-state index in [-0.39, 0.29) is 11.9 Å². The third kappa shape index (κ3) is 3.57. The van der Waals surface area contributed by atoms with E-state index >= 15 is 0 Å². The molecule has 0 unspecified atom stereocenters. The van der Waals surface area contributed by atoms with Crippen LogP contribution in [0.5, 0.6) is 0 Å². The summed E-state index contributed by atoms with van der Waals surface area (Å²) in [4.78, 5) is 15.9. The Hall–Kier alpha value is -0.870. The number of hydrogen-bond acceptors (Lipinski definition) is 3. The fraction of sp³-hybridized carbons (Fsp3) is 0.667. The van der Waals surface area contributed by atoms with Gasteiger partial charge >= 0.3 is 0 Å². The molecule has 0 aromatic carbocycles. The SMILES string of the molecule is CC(C)N(Cc1cccs1)C(=O)C(C)(C)C(C)(C)N. The predicted molar refractivity (Wildman–Crippen MR) is 82.1 cm³/mol. The molecule has 0 spiro atoms. The van der Waals surface area contributed by atoms with Crippen LogP contribution in [-0.2, 0) is 11.3 Å². The van der Waals surface area contributed by atoms with Gasteiger partial charge in [-0.25, -0.2) is 0 Å². The molecule has 0 radical (unpaired) electrons. The molecule has 2 N–H and O–H groups in total. The van der Waals surface area contributed by atoms with Crippen molar-refractivity contribution in [3.63, 3.8) is 0 Å². The molecule has 1 aromatic heterocycles. The van der Waals surface area contributed by atoms with Gasteiger partial charge in [0.1, 0.15) is 0 Å². The van der Waals surface area contributed by atoms with Crippen LogP contribution in [0.3, 0.4) is 0 Å². The van der Waals surface area contributed by atoms with Crippen LogP contribution < -0.4 is 5.73 Å². The van der Waals surface area contributed by atoms with Crippen molar-refractivity contribution in [3.05, 3.63) is 22.4 Å². The number of nitrogens with zero attached hydrogens (tertiary/aromatic N) is 1. The Morgan fingerprint density at radius 3 is 2.32 bits per heavy atom. The predicted octanol–water partition coefficient (Wildman–Crippen LogP) is 3.25. The highest BCUT2D eigenvalue weighted by Gasteiger charge is 2.43. The Labute approximate surface area is 120 Å². The lowest BCUT2D eigenvalue weighted by Gasteiger charge is -2.42. The van der Waals surface area contributed by atoms with E-state index in [1.54, 1.807) is 11.3 Å². The van der Waals surface area contributed by atoms with Crippen molar-refractivity contribution in [1.82, 2.24) is 4.90 Å². The molecule has 0 saturated heterocycles. The van der Waals surface area contributed by atoms with E-state index in [0.29, 0.717) is 6.54 Å². The van der Waals surface area contributed by atoms with Crippen LogP contribution in [0.15, 0.2) is 17.5 Å². The van der Waals surface area contributed by atoms with Crippen molar-refractivity contribution in [2.75, 3.05) is 0 Å². The van der Waals surface area contributed by atoms with Gasteiger partial charge in [0.05, 0.1) is 12.0 Å². The minimum atomic E-state index is -0.589. The molecule has 1 aromatic rings. The summed E-state index contributed by atoms with van der Waals surface area (Å²) in [5.41, 5.74) is 5.04. The lowest BCUT2D eigenvalue weighted by molar-refractivity contribution is -0.146. The molecule has 3 nitrogen and oxygen atoms in total. The first-order chi connectivity index (χ1) is 8.57. The number of amides is 1. The molecule has 0 saturated carbocycles. The van der Waals surface area contributed by atoms with Crippen molar-refractivity contribution in [1.29, 1.82) is 0 Å². The fourth-order valence-corrected chi connectivity index (χ4v) is 2.40. The average Bonchev–Trinajstić information content (AvgIpc) is 2.75. The van der Waals surface area contributed by atoms with Gasteiger partial charge in [-0.2, -0.15) is 0 Å². The normalized spacial score (nSPS) is 12.8. The van der Waals surface area contributed by atoms with E-state index in [1.165, 1.54) is 4.88 Å². The fourth-order valence-electron chi connectivity index (χ4n) is 1.69. The van der Waals surface area contributed by atoms with E-state index in [4.69, 9.17) is 5.73 Å². The summed E-state index contributed by atoms with van der Waals surface area (Å²) in [5, 5.41) is 2.04. The summed E-state index contributed by atoms with van der Waals surface area (Å²) >= 11 is 1.68. The van der Waals surface area contributed by atoms with Crippen LogP contribution in [0.25, 0.3) is 0 Å². The zero-order valence-corrected chi connectivity index (χ0v) is 13.7.